The molecule has 29 heavy (non-hydrogen) atoms. The van der Waals surface area contributed by atoms with E-state index < -0.39 is 0 Å². The van der Waals surface area contributed by atoms with E-state index in [0.717, 1.165) is 28.0 Å². The monoisotopic (exact) mass is 410 g/mol. The van der Waals surface area contributed by atoms with Crippen LogP contribution in [0.2, 0.25) is 0 Å². The Morgan fingerprint density at radius 2 is 2.03 bits per heavy atom. The molecular weight excluding hydrogens is 388 g/mol. The molecule has 0 fully saturated rings. The number of aryl methyl sites for hydroxylation is 1. The third kappa shape index (κ3) is 4.31. The highest BCUT2D eigenvalue weighted by molar-refractivity contribution is 6.29. The fourth-order valence-electron chi connectivity index (χ4n) is 3.53. The maximum Gasteiger partial charge on any atom is 0.255 e. The molecule has 0 amide bonds. The van der Waals surface area contributed by atoms with Crippen LogP contribution in [0.15, 0.2) is 64.9 Å². The molecule has 4 rings (SSSR count). The lowest BCUT2D eigenvalue weighted by Gasteiger charge is -2.26. The number of hydrogen-bond donors (Lipinski definition) is 1. The van der Waals surface area contributed by atoms with Gasteiger partial charge in [0.15, 0.2) is 11.5 Å². The van der Waals surface area contributed by atoms with E-state index in [-0.39, 0.29) is 18.2 Å². The number of benzene rings is 2. The molecule has 6 heteroatoms. The van der Waals surface area contributed by atoms with Crippen molar-refractivity contribution >= 4 is 22.5 Å². The van der Waals surface area contributed by atoms with E-state index >= 15 is 0 Å². The Kier molecular flexibility index (Phi) is 5.60. The van der Waals surface area contributed by atoms with Gasteiger partial charge >= 0.3 is 0 Å². The number of nitrogens with one attached hydrogen (secondary N) is 1. The zero-order valence-corrected chi connectivity index (χ0v) is 17.0. The molecular formula is C23H23ClN2O3. The van der Waals surface area contributed by atoms with Crippen LogP contribution >= 0.6 is 11.6 Å². The van der Waals surface area contributed by atoms with E-state index in [1.54, 1.807) is 4.57 Å². The van der Waals surface area contributed by atoms with Gasteiger partial charge in [-0.15, -0.1) is 0 Å². The summed E-state index contributed by atoms with van der Waals surface area (Å²) in [6, 6.07) is 15.6. The first-order valence-corrected chi connectivity index (χ1v) is 9.94. The van der Waals surface area contributed by atoms with Gasteiger partial charge in [0, 0.05) is 23.7 Å². The minimum Gasteiger partial charge on any atom is -0.486 e. The van der Waals surface area contributed by atoms with Gasteiger partial charge in [-0.05, 0) is 42.1 Å². The topological polar surface area (TPSA) is 52.5 Å². The number of allylic oxidation sites excluding steroid dienone is 1. The Hall–Kier alpha value is -2.76. The minimum absolute atomic E-state index is 0.0661. The second-order valence-corrected chi connectivity index (χ2v) is 7.80. The van der Waals surface area contributed by atoms with E-state index in [1.165, 1.54) is 0 Å². The summed E-state index contributed by atoms with van der Waals surface area (Å²) in [5.41, 5.74) is 2.56. The predicted molar refractivity (Wildman–Crippen MR) is 116 cm³/mol. The number of rotatable bonds is 6. The summed E-state index contributed by atoms with van der Waals surface area (Å²) < 4.78 is 13.4. The number of halogens is 1. The third-order valence-corrected chi connectivity index (χ3v) is 5.03. The Bertz CT molecular complexity index is 1120. The lowest BCUT2D eigenvalue weighted by Crippen LogP contribution is -2.39. The van der Waals surface area contributed by atoms with Gasteiger partial charge in [-0.1, -0.05) is 42.4 Å². The Morgan fingerprint density at radius 1 is 1.24 bits per heavy atom. The summed E-state index contributed by atoms with van der Waals surface area (Å²) in [7, 11) is 0. The third-order valence-electron chi connectivity index (χ3n) is 4.91. The first-order valence-electron chi connectivity index (χ1n) is 9.57. The van der Waals surface area contributed by atoms with Crippen LogP contribution in [0, 0.1) is 6.92 Å². The fourth-order valence-corrected chi connectivity index (χ4v) is 3.65. The van der Waals surface area contributed by atoms with Gasteiger partial charge in [-0.3, -0.25) is 4.79 Å². The molecule has 0 aliphatic carbocycles. The van der Waals surface area contributed by atoms with Crippen molar-refractivity contribution in [2.75, 3.05) is 13.2 Å². The number of fused-ring (bicyclic) bond motifs is 2. The average molecular weight is 411 g/mol. The Morgan fingerprint density at radius 3 is 2.83 bits per heavy atom. The first kappa shape index (κ1) is 19.6. The summed E-state index contributed by atoms with van der Waals surface area (Å²) in [6.07, 6.45) is -0.113. The van der Waals surface area contributed by atoms with Crippen molar-refractivity contribution in [3.8, 4) is 11.5 Å². The highest BCUT2D eigenvalue weighted by atomic mass is 35.5. The van der Waals surface area contributed by atoms with Gasteiger partial charge in [-0.2, -0.15) is 0 Å². The molecule has 150 valence electrons. The van der Waals surface area contributed by atoms with Crippen LogP contribution in [0.1, 0.15) is 11.1 Å². The Balaban J connectivity index is 1.51. The SMILES string of the molecule is C=C(Cl)Cn1c(=O)c(CNCC2COc3ccccc3O2)cc2ccc(C)cc21. The van der Waals surface area contributed by atoms with E-state index in [9.17, 15) is 4.79 Å². The van der Waals surface area contributed by atoms with Gasteiger partial charge in [-0.25, -0.2) is 0 Å². The standard InChI is InChI=1S/C23H23ClN2O3/c1-15-7-8-17-10-18(23(27)26(13-16(2)24)20(17)9-15)11-25-12-19-14-28-21-5-3-4-6-22(21)29-19/h3-10,19,25H,2,11-14H2,1H3. The zero-order chi connectivity index (χ0) is 20.4. The molecule has 0 saturated carbocycles. The fraction of sp³-hybridized carbons (Fsp3) is 0.261. The van der Waals surface area contributed by atoms with Crippen LogP contribution in [0.5, 0.6) is 11.5 Å². The Labute approximate surface area is 174 Å². The van der Waals surface area contributed by atoms with Crippen molar-refractivity contribution in [3.63, 3.8) is 0 Å². The van der Waals surface area contributed by atoms with Gasteiger partial charge in [0.25, 0.3) is 5.56 Å². The van der Waals surface area contributed by atoms with Crippen LogP contribution in [0.3, 0.4) is 0 Å². The normalized spacial score (nSPS) is 15.4. The molecule has 5 nitrogen and oxygen atoms in total. The van der Waals surface area contributed by atoms with Gasteiger partial charge < -0.3 is 19.4 Å². The van der Waals surface area contributed by atoms with Crippen molar-refractivity contribution < 1.29 is 9.47 Å². The van der Waals surface area contributed by atoms with Crippen molar-refractivity contribution in [1.82, 2.24) is 9.88 Å². The van der Waals surface area contributed by atoms with E-state index in [1.807, 2.05) is 55.5 Å². The first-order chi connectivity index (χ1) is 14.0. The van der Waals surface area contributed by atoms with Crippen LogP contribution < -0.4 is 20.3 Å². The quantitative estimate of drug-likeness (QED) is 0.667. The van der Waals surface area contributed by atoms with Crippen LogP contribution in [0.25, 0.3) is 10.9 Å². The lowest BCUT2D eigenvalue weighted by atomic mass is 10.1. The van der Waals surface area contributed by atoms with Crippen molar-refractivity contribution in [1.29, 1.82) is 0 Å². The van der Waals surface area contributed by atoms with Crippen LogP contribution in [-0.4, -0.2) is 23.8 Å². The minimum atomic E-state index is -0.113. The summed E-state index contributed by atoms with van der Waals surface area (Å²) in [6.45, 7) is 7.51. The van der Waals surface area contributed by atoms with E-state index in [2.05, 4.69) is 11.9 Å². The van der Waals surface area contributed by atoms with Crippen molar-refractivity contribution in [3.05, 3.63) is 81.6 Å². The highest BCUT2D eigenvalue weighted by Crippen LogP contribution is 2.30. The molecule has 1 N–H and O–H groups in total. The molecule has 0 spiro atoms. The smallest absolute Gasteiger partial charge is 0.255 e. The number of hydrogen-bond acceptors (Lipinski definition) is 4. The number of pyridine rings is 1. The molecule has 1 aliphatic heterocycles. The largest absolute Gasteiger partial charge is 0.486 e. The zero-order valence-electron chi connectivity index (χ0n) is 16.3. The molecule has 1 atom stereocenters. The van der Waals surface area contributed by atoms with E-state index in [0.29, 0.717) is 30.3 Å². The number of para-hydroxylation sites is 2. The second-order valence-electron chi connectivity index (χ2n) is 7.27. The molecule has 1 unspecified atom stereocenters. The summed E-state index contributed by atoms with van der Waals surface area (Å²) >= 11 is 6.02. The summed E-state index contributed by atoms with van der Waals surface area (Å²) in [4.78, 5) is 13.0. The van der Waals surface area contributed by atoms with Crippen LogP contribution in [0.4, 0.5) is 0 Å². The molecule has 1 aliphatic rings. The molecule has 0 saturated heterocycles. The summed E-state index contributed by atoms with van der Waals surface area (Å²) in [5.74, 6) is 1.51. The van der Waals surface area contributed by atoms with Crippen molar-refractivity contribution in [2.45, 2.75) is 26.1 Å². The van der Waals surface area contributed by atoms with Crippen LogP contribution in [-0.2, 0) is 13.1 Å². The predicted octanol–water partition coefficient (Wildman–Crippen LogP) is 3.99. The van der Waals surface area contributed by atoms with E-state index in [4.69, 9.17) is 21.1 Å². The molecule has 2 heterocycles. The van der Waals surface area contributed by atoms with Crippen molar-refractivity contribution in [2.24, 2.45) is 0 Å². The summed E-state index contributed by atoms with van der Waals surface area (Å²) in [5, 5.41) is 4.74. The molecule has 1 aromatic heterocycles. The maximum atomic E-state index is 13.0. The number of ether oxygens (including phenoxy) is 2. The van der Waals surface area contributed by atoms with Gasteiger partial charge in [0.2, 0.25) is 0 Å². The highest BCUT2D eigenvalue weighted by Gasteiger charge is 2.20. The second kappa shape index (κ2) is 8.31. The molecule has 0 radical (unpaired) electrons. The maximum absolute atomic E-state index is 13.0. The number of nitrogens with zero attached hydrogens (tertiary/aromatic N) is 1. The molecule has 0 bridgehead atoms. The lowest BCUT2D eigenvalue weighted by molar-refractivity contribution is 0.0902. The molecule has 2 aromatic carbocycles. The molecule has 3 aromatic rings. The average Bonchev–Trinajstić information content (AvgIpc) is 2.71. The van der Waals surface area contributed by atoms with Gasteiger partial charge in [0.05, 0.1) is 12.1 Å². The number of aromatic nitrogens is 1. The van der Waals surface area contributed by atoms with Gasteiger partial charge in [0.1, 0.15) is 12.7 Å².